The molecule has 0 aliphatic carbocycles. The van der Waals surface area contributed by atoms with Crippen molar-refractivity contribution >= 4 is 83.5 Å². The Morgan fingerprint density at radius 2 is 0.813 bits per heavy atom. The van der Waals surface area contributed by atoms with Crippen LogP contribution in [0.2, 0.25) is 0 Å². The summed E-state index contributed by atoms with van der Waals surface area (Å²) in [5.41, 5.74) is 22.2. The van der Waals surface area contributed by atoms with Gasteiger partial charge in [-0.15, -0.1) is 0 Å². The van der Waals surface area contributed by atoms with E-state index >= 15 is 0 Å². The largest absolute Gasteiger partial charge is 0.311 e. The number of anilines is 3. The lowest BCUT2D eigenvalue weighted by molar-refractivity contribution is 0.569. The first-order valence-electron chi connectivity index (χ1n) is 26.9. The van der Waals surface area contributed by atoms with Crippen LogP contribution in [0, 0.1) is 0 Å². The predicted molar refractivity (Wildman–Crippen MR) is 325 cm³/mol. The zero-order valence-electron chi connectivity index (χ0n) is 44.8. The average Bonchev–Trinajstić information content (AvgIpc) is 3.46. The molecule has 2 aliphatic rings. The molecule has 0 unspecified atom stereocenters. The molecule has 0 N–H and O–H groups in total. The smallest absolute Gasteiger partial charge is 0.252 e. The van der Waals surface area contributed by atoms with Gasteiger partial charge in [0.15, 0.2) is 0 Å². The molecular formula is C72H63BN2. The maximum absolute atomic E-state index is 2.66. The third-order valence-corrected chi connectivity index (χ3v) is 16.3. The summed E-state index contributed by atoms with van der Waals surface area (Å²) < 4.78 is 2.66. The Labute approximate surface area is 443 Å². The Balaban J connectivity index is 1.24. The number of hydrogen-bond donors (Lipinski definition) is 0. The number of fused-ring (bicyclic) bond motifs is 12. The lowest BCUT2D eigenvalue weighted by Gasteiger charge is -2.42. The van der Waals surface area contributed by atoms with Crippen molar-refractivity contribution in [2.45, 2.75) is 78.6 Å². The number of aromatic nitrogens is 1. The summed E-state index contributed by atoms with van der Waals surface area (Å²) >= 11 is 0. The number of para-hydroxylation sites is 1. The second-order valence-electron chi connectivity index (χ2n) is 24.2. The van der Waals surface area contributed by atoms with Gasteiger partial charge in [0.25, 0.3) is 6.71 Å². The highest BCUT2D eigenvalue weighted by Gasteiger charge is 2.42. The molecule has 1 aromatic heterocycles. The Kier molecular flexibility index (Phi) is 10.7. The SMILES string of the molecule is CC(C)(C)c1cc(-c2ccc3c(c2)B2c4ccc(C(C)(C)C)cc4-n4c5ccccc5c5ccccc5c5ccccc5c5ccc(c2c54)N3c2ccc(-c3ccccc3)cc2-c2ccccc2)cc(C(C)(C)C)c1. The van der Waals surface area contributed by atoms with Crippen LogP contribution >= 0.6 is 0 Å². The summed E-state index contributed by atoms with van der Waals surface area (Å²) in [6.45, 7) is 21.0. The second-order valence-corrected chi connectivity index (χ2v) is 24.2. The van der Waals surface area contributed by atoms with E-state index in [4.69, 9.17) is 0 Å². The van der Waals surface area contributed by atoms with Gasteiger partial charge in [0.05, 0.1) is 16.7 Å². The molecule has 2 aliphatic heterocycles. The number of benzene rings is 10. The van der Waals surface area contributed by atoms with Crippen molar-refractivity contribution in [1.82, 2.24) is 4.57 Å². The fraction of sp³-hybridized carbons (Fsp3) is 0.167. The average molecular weight is 967 g/mol. The lowest BCUT2D eigenvalue weighted by Crippen LogP contribution is -2.60. The van der Waals surface area contributed by atoms with Gasteiger partial charge in [-0.2, -0.15) is 0 Å². The summed E-state index contributed by atoms with van der Waals surface area (Å²) in [4.78, 5) is 2.61. The van der Waals surface area contributed by atoms with Crippen LogP contribution in [0.4, 0.5) is 17.1 Å². The van der Waals surface area contributed by atoms with Gasteiger partial charge in [0, 0.05) is 33.4 Å². The monoisotopic (exact) mass is 967 g/mol. The topological polar surface area (TPSA) is 8.17 Å². The van der Waals surface area contributed by atoms with E-state index < -0.39 is 0 Å². The fourth-order valence-electron chi connectivity index (χ4n) is 12.2. The minimum absolute atomic E-state index is 0.0303. The van der Waals surface area contributed by atoms with Gasteiger partial charge in [-0.25, -0.2) is 0 Å². The van der Waals surface area contributed by atoms with Crippen LogP contribution in [0.3, 0.4) is 0 Å². The van der Waals surface area contributed by atoms with Crippen molar-refractivity contribution in [3.05, 3.63) is 235 Å². The molecule has 75 heavy (non-hydrogen) atoms. The summed E-state index contributed by atoms with van der Waals surface area (Å²) in [7, 11) is 0. The molecule has 0 amide bonds. The molecule has 2 nitrogen and oxygen atoms in total. The third kappa shape index (κ3) is 7.69. The first kappa shape index (κ1) is 46.6. The van der Waals surface area contributed by atoms with E-state index in [9.17, 15) is 0 Å². The lowest BCUT2D eigenvalue weighted by atomic mass is 9.33. The van der Waals surface area contributed by atoms with Crippen LogP contribution in [0.5, 0.6) is 0 Å². The van der Waals surface area contributed by atoms with Crippen LogP contribution in [0.25, 0.3) is 82.4 Å². The van der Waals surface area contributed by atoms with Crippen molar-refractivity contribution in [3.8, 4) is 39.1 Å². The second kappa shape index (κ2) is 17.2. The molecule has 0 atom stereocenters. The number of nitrogens with zero attached hydrogens (tertiary/aromatic N) is 2. The zero-order chi connectivity index (χ0) is 51.5. The standard InChI is InChI=1S/C72H63BN2/c1-70(2,3)51-34-36-61-67(45-51)75-63-31-21-20-30-58(63)56-28-18-16-26-54(56)55-27-17-19-29-57(55)59-35-39-66-68(69(59)75)73(61)62-43-49(50-40-52(71(4,5)6)44-53(41-50)72(7,8)9)33-38-65(62)74(66)64-37-32-48(46-22-12-10-13-23-46)42-60(64)47-24-14-11-15-25-47/h10-45H,1-9H3. The molecule has 0 spiro atoms. The maximum Gasteiger partial charge on any atom is 0.252 e. The molecule has 10 aromatic carbocycles. The van der Waals surface area contributed by atoms with Crippen molar-refractivity contribution in [2.24, 2.45) is 0 Å². The number of rotatable bonds is 4. The minimum atomic E-state index is -0.0967. The Hall–Kier alpha value is -8.14. The maximum atomic E-state index is 2.66. The van der Waals surface area contributed by atoms with E-state index in [2.05, 4.69) is 290 Å². The van der Waals surface area contributed by atoms with Crippen LogP contribution in [-0.2, 0) is 16.2 Å². The molecule has 364 valence electrons. The highest BCUT2D eigenvalue weighted by Crippen LogP contribution is 2.47. The molecule has 0 bridgehead atoms. The fourth-order valence-corrected chi connectivity index (χ4v) is 12.2. The molecule has 0 fully saturated rings. The van der Waals surface area contributed by atoms with Gasteiger partial charge in [-0.05, 0) is 135 Å². The number of hydrogen-bond acceptors (Lipinski definition) is 1. The first-order chi connectivity index (χ1) is 36.1. The van der Waals surface area contributed by atoms with Crippen molar-refractivity contribution in [3.63, 3.8) is 0 Å². The summed E-state index contributed by atoms with van der Waals surface area (Å²) in [6, 6.07) is 83.3. The summed E-state index contributed by atoms with van der Waals surface area (Å²) in [5, 5.41) is 7.37. The predicted octanol–water partition coefficient (Wildman–Crippen LogP) is 17.7. The molecule has 3 heteroatoms. The van der Waals surface area contributed by atoms with Gasteiger partial charge >= 0.3 is 0 Å². The minimum Gasteiger partial charge on any atom is -0.311 e. The van der Waals surface area contributed by atoms with E-state index in [0.717, 1.165) is 5.69 Å². The van der Waals surface area contributed by atoms with Crippen LogP contribution < -0.4 is 21.3 Å². The summed E-state index contributed by atoms with van der Waals surface area (Å²) in [5.74, 6) is 0. The van der Waals surface area contributed by atoms with Crippen LogP contribution in [-0.4, -0.2) is 11.3 Å². The van der Waals surface area contributed by atoms with Gasteiger partial charge in [0.2, 0.25) is 0 Å². The molecule has 11 aromatic rings. The Morgan fingerprint density at radius 3 is 1.43 bits per heavy atom. The van der Waals surface area contributed by atoms with E-state index in [1.54, 1.807) is 0 Å². The van der Waals surface area contributed by atoms with Gasteiger partial charge in [0.1, 0.15) is 0 Å². The molecule has 13 rings (SSSR count). The quantitative estimate of drug-likeness (QED) is 0.160. The molecule has 0 saturated carbocycles. The van der Waals surface area contributed by atoms with E-state index in [1.807, 2.05) is 0 Å². The Bertz CT molecular complexity index is 4150. The molecule has 0 radical (unpaired) electrons. The van der Waals surface area contributed by atoms with Crippen molar-refractivity contribution in [2.75, 3.05) is 4.90 Å². The summed E-state index contributed by atoms with van der Waals surface area (Å²) in [6.07, 6.45) is 0. The first-order valence-corrected chi connectivity index (χ1v) is 26.9. The highest BCUT2D eigenvalue weighted by atomic mass is 15.2. The van der Waals surface area contributed by atoms with E-state index in [1.165, 1.54) is 127 Å². The molecule has 0 saturated heterocycles. The molecule has 3 heterocycles. The molecular weight excluding hydrogens is 904 g/mol. The normalized spacial score (nSPS) is 13.1. The van der Waals surface area contributed by atoms with Crippen LogP contribution in [0.15, 0.2) is 218 Å². The highest BCUT2D eigenvalue weighted by molar-refractivity contribution is 7.00. The zero-order valence-corrected chi connectivity index (χ0v) is 44.8. The van der Waals surface area contributed by atoms with E-state index in [-0.39, 0.29) is 23.0 Å². The van der Waals surface area contributed by atoms with Crippen molar-refractivity contribution < 1.29 is 0 Å². The van der Waals surface area contributed by atoms with Gasteiger partial charge < -0.3 is 9.47 Å². The van der Waals surface area contributed by atoms with Crippen LogP contribution in [0.1, 0.15) is 79.0 Å². The van der Waals surface area contributed by atoms with Gasteiger partial charge in [-0.3, -0.25) is 0 Å². The Morgan fingerprint density at radius 1 is 0.307 bits per heavy atom. The van der Waals surface area contributed by atoms with Gasteiger partial charge in [-0.1, -0.05) is 244 Å². The van der Waals surface area contributed by atoms with E-state index in [0.29, 0.717) is 0 Å². The third-order valence-electron chi connectivity index (χ3n) is 16.3. The van der Waals surface area contributed by atoms with Crippen molar-refractivity contribution in [1.29, 1.82) is 0 Å².